The summed E-state index contributed by atoms with van der Waals surface area (Å²) in [6.45, 7) is 0.168. The first-order valence-electron chi connectivity index (χ1n) is 6.93. The lowest BCUT2D eigenvalue weighted by atomic mass is 10.2. The molecule has 0 bridgehead atoms. The van der Waals surface area contributed by atoms with Crippen LogP contribution in [0, 0.1) is 0 Å². The number of ether oxygens (including phenoxy) is 2. The zero-order valence-electron chi connectivity index (χ0n) is 13.1. The molecule has 0 fully saturated rings. The third kappa shape index (κ3) is 5.64. The van der Waals surface area contributed by atoms with E-state index < -0.39 is 0 Å². The predicted octanol–water partition coefficient (Wildman–Crippen LogP) is 4.40. The maximum absolute atomic E-state index is 6.16. The summed E-state index contributed by atoms with van der Waals surface area (Å²) >= 11 is 22.9. The normalized spacial score (nSPS) is 10.7. The van der Waals surface area contributed by atoms with Crippen LogP contribution in [-0.2, 0) is 6.61 Å². The van der Waals surface area contributed by atoms with E-state index in [0.717, 1.165) is 5.56 Å². The van der Waals surface area contributed by atoms with Crippen molar-refractivity contribution in [2.75, 3.05) is 7.11 Å². The third-order valence-corrected chi connectivity index (χ3v) is 4.04. The van der Waals surface area contributed by atoms with Crippen molar-refractivity contribution in [1.82, 2.24) is 5.43 Å². The molecule has 0 saturated heterocycles. The van der Waals surface area contributed by atoms with Crippen molar-refractivity contribution < 1.29 is 9.47 Å². The first-order chi connectivity index (χ1) is 11.9. The number of rotatable bonds is 6. The molecule has 0 spiro atoms. The van der Waals surface area contributed by atoms with Gasteiger partial charge in [-0.1, -0.05) is 34.8 Å². The first kappa shape index (κ1) is 19.6. The van der Waals surface area contributed by atoms with Crippen LogP contribution in [0.2, 0.25) is 15.1 Å². The molecule has 0 aromatic heterocycles. The molecule has 0 unspecified atom stereocenters. The number of hydrogen-bond acceptors (Lipinski definition) is 4. The number of hydrogen-bond donors (Lipinski definition) is 2. The Hall–Kier alpha value is -1.73. The summed E-state index contributed by atoms with van der Waals surface area (Å²) < 4.78 is 11.1. The van der Waals surface area contributed by atoms with Gasteiger partial charge in [0.25, 0.3) is 0 Å². The Kier molecular flexibility index (Phi) is 7.13. The summed E-state index contributed by atoms with van der Waals surface area (Å²) in [6, 6.07) is 8.52. The van der Waals surface area contributed by atoms with Gasteiger partial charge >= 0.3 is 0 Å². The summed E-state index contributed by atoms with van der Waals surface area (Å²) in [5.41, 5.74) is 9.19. The van der Waals surface area contributed by atoms with Crippen molar-refractivity contribution in [2.45, 2.75) is 6.61 Å². The standard InChI is InChI=1S/C16H14Cl3N3O2S/c1-23-15-4-9(7-21-22-16(20)25)2-3-14(15)24-8-11-12(18)5-10(17)6-13(11)19/h2-7H,8H2,1H3,(H3,20,22,25). The smallest absolute Gasteiger partial charge is 0.184 e. The SMILES string of the molecule is COc1cc(C=NNC(N)=S)ccc1OCc1c(Cl)cc(Cl)cc1Cl. The van der Waals surface area contributed by atoms with Gasteiger partial charge in [-0.25, -0.2) is 0 Å². The molecule has 2 aromatic carbocycles. The molecule has 132 valence electrons. The number of nitrogens with two attached hydrogens (primary N) is 1. The quantitative estimate of drug-likeness (QED) is 0.413. The lowest BCUT2D eigenvalue weighted by Crippen LogP contribution is -2.23. The third-order valence-electron chi connectivity index (χ3n) is 3.05. The summed E-state index contributed by atoms with van der Waals surface area (Å²) in [4.78, 5) is 0. The van der Waals surface area contributed by atoms with E-state index in [-0.39, 0.29) is 11.7 Å². The average Bonchev–Trinajstić information content (AvgIpc) is 2.54. The molecule has 0 aliphatic carbocycles. The van der Waals surface area contributed by atoms with Crippen molar-refractivity contribution >= 4 is 58.3 Å². The molecule has 0 atom stereocenters. The van der Waals surface area contributed by atoms with Crippen LogP contribution in [0.5, 0.6) is 11.5 Å². The van der Waals surface area contributed by atoms with Gasteiger partial charge in [-0.2, -0.15) is 5.10 Å². The van der Waals surface area contributed by atoms with Gasteiger partial charge in [0.2, 0.25) is 0 Å². The van der Waals surface area contributed by atoms with Crippen molar-refractivity contribution in [2.24, 2.45) is 10.8 Å². The van der Waals surface area contributed by atoms with Crippen molar-refractivity contribution in [1.29, 1.82) is 0 Å². The van der Waals surface area contributed by atoms with Gasteiger partial charge in [0, 0.05) is 10.6 Å². The fraction of sp³-hybridized carbons (Fsp3) is 0.125. The number of halogens is 3. The number of thiocarbonyl (C=S) groups is 1. The van der Waals surface area contributed by atoms with Crippen LogP contribution in [0.25, 0.3) is 0 Å². The van der Waals surface area contributed by atoms with Gasteiger partial charge in [-0.3, -0.25) is 5.43 Å². The second-order valence-corrected chi connectivity index (χ2v) is 6.47. The summed E-state index contributed by atoms with van der Waals surface area (Å²) in [5, 5.41) is 5.30. The van der Waals surface area contributed by atoms with E-state index >= 15 is 0 Å². The monoisotopic (exact) mass is 417 g/mol. The molecule has 25 heavy (non-hydrogen) atoms. The van der Waals surface area contributed by atoms with Crippen molar-refractivity contribution in [3.63, 3.8) is 0 Å². The molecule has 0 aliphatic heterocycles. The number of nitrogens with zero attached hydrogens (tertiary/aromatic N) is 1. The number of nitrogens with one attached hydrogen (secondary N) is 1. The zero-order chi connectivity index (χ0) is 18.4. The minimum Gasteiger partial charge on any atom is -0.493 e. The molecule has 3 N–H and O–H groups in total. The molecule has 0 aliphatic rings. The first-order valence-corrected chi connectivity index (χ1v) is 8.47. The van der Waals surface area contributed by atoms with Crippen molar-refractivity contribution in [3.05, 3.63) is 56.5 Å². The molecular formula is C16H14Cl3N3O2S. The molecule has 0 amide bonds. The van der Waals surface area contributed by atoms with E-state index in [4.69, 9.17) is 50.0 Å². The van der Waals surface area contributed by atoms with Crippen LogP contribution in [0.1, 0.15) is 11.1 Å². The molecular weight excluding hydrogens is 405 g/mol. The second-order valence-electron chi connectivity index (χ2n) is 4.78. The Morgan fingerprint density at radius 3 is 2.48 bits per heavy atom. The van der Waals surface area contributed by atoms with Gasteiger partial charge in [-0.05, 0) is 48.1 Å². The predicted molar refractivity (Wildman–Crippen MR) is 106 cm³/mol. The molecule has 0 saturated carbocycles. The number of methoxy groups -OCH3 is 1. The van der Waals surface area contributed by atoms with Crippen LogP contribution in [-0.4, -0.2) is 18.4 Å². The molecule has 2 rings (SSSR count). The van der Waals surface area contributed by atoms with Gasteiger partial charge in [0.05, 0.1) is 23.4 Å². The van der Waals surface area contributed by atoms with E-state index in [1.165, 1.54) is 0 Å². The summed E-state index contributed by atoms with van der Waals surface area (Å²) in [5.74, 6) is 1.06. The highest BCUT2D eigenvalue weighted by atomic mass is 35.5. The fourth-order valence-corrected chi connectivity index (χ4v) is 2.89. The largest absolute Gasteiger partial charge is 0.493 e. The summed E-state index contributed by atoms with van der Waals surface area (Å²) in [6.07, 6.45) is 1.55. The Balaban J connectivity index is 2.15. The Bertz CT molecular complexity index is 792. The highest BCUT2D eigenvalue weighted by molar-refractivity contribution is 7.80. The van der Waals surface area contributed by atoms with E-state index in [1.54, 1.807) is 43.7 Å². The van der Waals surface area contributed by atoms with Crippen molar-refractivity contribution in [3.8, 4) is 11.5 Å². The highest BCUT2D eigenvalue weighted by Crippen LogP contribution is 2.32. The summed E-state index contributed by atoms with van der Waals surface area (Å²) in [7, 11) is 1.54. The van der Waals surface area contributed by atoms with E-state index in [9.17, 15) is 0 Å². The Morgan fingerprint density at radius 1 is 1.20 bits per heavy atom. The van der Waals surface area contributed by atoms with E-state index in [0.29, 0.717) is 32.1 Å². The maximum Gasteiger partial charge on any atom is 0.184 e. The second kappa shape index (κ2) is 9.10. The van der Waals surface area contributed by atoms with Gasteiger partial charge in [0.1, 0.15) is 6.61 Å². The Labute approximate surface area is 165 Å². The maximum atomic E-state index is 6.16. The van der Waals surface area contributed by atoms with Gasteiger partial charge in [-0.15, -0.1) is 0 Å². The molecule has 0 radical (unpaired) electrons. The lowest BCUT2D eigenvalue weighted by Gasteiger charge is -2.13. The minimum atomic E-state index is 0.0832. The van der Waals surface area contributed by atoms with E-state index in [1.807, 2.05) is 0 Å². The number of hydrazone groups is 1. The van der Waals surface area contributed by atoms with Crippen LogP contribution in [0.4, 0.5) is 0 Å². The minimum absolute atomic E-state index is 0.0832. The molecule has 5 nitrogen and oxygen atoms in total. The highest BCUT2D eigenvalue weighted by Gasteiger charge is 2.11. The fourth-order valence-electron chi connectivity index (χ4n) is 1.91. The van der Waals surface area contributed by atoms with Gasteiger partial charge < -0.3 is 15.2 Å². The Morgan fingerprint density at radius 2 is 1.88 bits per heavy atom. The van der Waals surface area contributed by atoms with Crippen LogP contribution in [0.3, 0.4) is 0 Å². The zero-order valence-corrected chi connectivity index (χ0v) is 16.1. The van der Waals surface area contributed by atoms with Crippen LogP contribution >= 0.6 is 47.0 Å². The molecule has 2 aromatic rings. The lowest BCUT2D eigenvalue weighted by molar-refractivity contribution is 0.284. The number of benzene rings is 2. The average molecular weight is 419 g/mol. The van der Waals surface area contributed by atoms with Crippen LogP contribution < -0.4 is 20.6 Å². The molecule has 9 heteroatoms. The van der Waals surface area contributed by atoms with E-state index in [2.05, 4.69) is 22.7 Å². The van der Waals surface area contributed by atoms with Gasteiger partial charge in [0.15, 0.2) is 16.6 Å². The molecule has 0 heterocycles. The van der Waals surface area contributed by atoms with Crippen LogP contribution in [0.15, 0.2) is 35.4 Å². The topological polar surface area (TPSA) is 68.9 Å².